The summed E-state index contributed by atoms with van der Waals surface area (Å²) >= 11 is 0. The maximum Gasteiger partial charge on any atom is 0.225 e. The molecule has 1 aromatic heterocycles. The molecule has 1 heterocycles. The van der Waals surface area contributed by atoms with E-state index >= 15 is 0 Å². The van der Waals surface area contributed by atoms with Gasteiger partial charge in [0.2, 0.25) is 5.43 Å². The zero-order valence-electron chi connectivity index (χ0n) is 7.40. The molecular formula is C8H12N2O2. The molecule has 12 heavy (non-hydrogen) atoms. The van der Waals surface area contributed by atoms with Gasteiger partial charge in [0.15, 0.2) is 5.75 Å². The molecule has 0 bridgehead atoms. The fourth-order valence-electron chi connectivity index (χ4n) is 1.05. The highest BCUT2D eigenvalue weighted by atomic mass is 16.3. The Bertz CT molecular complexity index is 341. The number of rotatable bonds is 1. The second-order valence-electron chi connectivity index (χ2n) is 2.89. The van der Waals surface area contributed by atoms with Gasteiger partial charge in [-0.2, -0.15) is 0 Å². The van der Waals surface area contributed by atoms with Crippen LogP contribution in [0.5, 0.6) is 5.75 Å². The third kappa shape index (κ3) is 1.42. The van der Waals surface area contributed by atoms with Crippen molar-refractivity contribution >= 4 is 5.82 Å². The molecular weight excluding hydrogens is 156 g/mol. The van der Waals surface area contributed by atoms with E-state index in [1.54, 1.807) is 16.5 Å². The molecule has 1 aromatic rings. The Morgan fingerprint density at radius 2 is 2.08 bits per heavy atom. The molecule has 0 radical (unpaired) electrons. The molecule has 0 unspecified atom stereocenters. The summed E-state index contributed by atoms with van der Waals surface area (Å²) in [6.45, 7) is 0. The number of nitrogens with zero attached hydrogens (tertiary/aromatic N) is 2. The van der Waals surface area contributed by atoms with Gasteiger partial charge in [-0.15, -0.1) is 0 Å². The van der Waals surface area contributed by atoms with Gasteiger partial charge in [0.1, 0.15) is 5.82 Å². The van der Waals surface area contributed by atoms with Crippen molar-refractivity contribution in [1.82, 2.24) is 4.57 Å². The Morgan fingerprint density at radius 3 is 2.58 bits per heavy atom. The second-order valence-corrected chi connectivity index (χ2v) is 2.89. The minimum Gasteiger partial charge on any atom is -0.503 e. The van der Waals surface area contributed by atoms with E-state index in [1.165, 1.54) is 12.3 Å². The van der Waals surface area contributed by atoms with Crippen LogP contribution >= 0.6 is 0 Å². The normalized spacial score (nSPS) is 9.92. The van der Waals surface area contributed by atoms with Gasteiger partial charge in [-0.1, -0.05) is 0 Å². The van der Waals surface area contributed by atoms with Gasteiger partial charge in [0.05, 0.1) is 6.20 Å². The zero-order chi connectivity index (χ0) is 9.30. The van der Waals surface area contributed by atoms with Gasteiger partial charge in [-0.05, 0) is 0 Å². The first-order valence-corrected chi connectivity index (χ1v) is 3.59. The Kier molecular flexibility index (Phi) is 2.08. The second kappa shape index (κ2) is 2.89. The van der Waals surface area contributed by atoms with Crippen molar-refractivity contribution in [3.63, 3.8) is 0 Å². The van der Waals surface area contributed by atoms with Crippen LogP contribution in [0.3, 0.4) is 0 Å². The average molecular weight is 168 g/mol. The Balaban J connectivity index is 3.33. The molecule has 1 rings (SSSR count). The lowest BCUT2D eigenvalue weighted by Gasteiger charge is -2.16. The van der Waals surface area contributed by atoms with Crippen LogP contribution in [0.2, 0.25) is 0 Å². The van der Waals surface area contributed by atoms with E-state index in [9.17, 15) is 4.79 Å². The highest BCUT2D eigenvalue weighted by Gasteiger charge is 2.03. The molecule has 0 saturated heterocycles. The van der Waals surface area contributed by atoms with Crippen molar-refractivity contribution in [1.29, 1.82) is 0 Å². The van der Waals surface area contributed by atoms with Crippen LogP contribution in [-0.4, -0.2) is 23.8 Å². The molecule has 0 saturated carbocycles. The lowest BCUT2D eigenvalue weighted by molar-refractivity contribution is 0.463. The lowest BCUT2D eigenvalue weighted by Crippen LogP contribution is -2.17. The Hall–Kier alpha value is -1.45. The summed E-state index contributed by atoms with van der Waals surface area (Å²) in [6.07, 6.45) is 1.40. The van der Waals surface area contributed by atoms with E-state index in [1.807, 2.05) is 14.1 Å². The third-order valence-corrected chi connectivity index (χ3v) is 1.65. The predicted molar refractivity (Wildman–Crippen MR) is 47.7 cm³/mol. The van der Waals surface area contributed by atoms with Crippen molar-refractivity contribution in [3.8, 4) is 5.75 Å². The molecule has 0 atom stereocenters. The number of anilines is 1. The molecule has 0 spiro atoms. The molecule has 1 N–H and O–H groups in total. The summed E-state index contributed by atoms with van der Waals surface area (Å²) in [6, 6.07) is 1.40. The lowest BCUT2D eigenvalue weighted by atomic mass is 10.4. The summed E-state index contributed by atoms with van der Waals surface area (Å²) in [7, 11) is 5.45. The number of aryl methyl sites for hydroxylation is 1. The van der Waals surface area contributed by atoms with Gasteiger partial charge in [-0.25, -0.2) is 0 Å². The van der Waals surface area contributed by atoms with Crippen molar-refractivity contribution in [2.45, 2.75) is 0 Å². The summed E-state index contributed by atoms with van der Waals surface area (Å²) in [5, 5.41) is 9.05. The van der Waals surface area contributed by atoms with Gasteiger partial charge in [0.25, 0.3) is 0 Å². The number of aromatic nitrogens is 1. The first-order valence-electron chi connectivity index (χ1n) is 3.59. The smallest absolute Gasteiger partial charge is 0.225 e. The molecule has 0 aromatic carbocycles. The summed E-state index contributed by atoms with van der Waals surface area (Å²) in [4.78, 5) is 12.8. The van der Waals surface area contributed by atoms with E-state index in [0.29, 0.717) is 0 Å². The quantitative estimate of drug-likeness (QED) is 0.649. The third-order valence-electron chi connectivity index (χ3n) is 1.65. The van der Waals surface area contributed by atoms with Crippen molar-refractivity contribution < 1.29 is 5.11 Å². The fraction of sp³-hybridized carbons (Fsp3) is 0.375. The summed E-state index contributed by atoms with van der Waals surface area (Å²) in [5.41, 5.74) is -0.350. The van der Waals surface area contributed by atoms with E-state index in [2.05, 4.69) is 0 Å². The monoisotopic (exact) mass is 168 g/mol. The standard InChI is InChI=1S/C8H12N2O2/c1-9(2)8-4-6(11)7(12)5-10(8)3/h4-5,12H,1-3H3. The van der Waals surface area contributed by atoms with E-state index in [4.69, 9.17) is 5.11 Å². The molecule has 0 aliphatic carbocycles. The first-order chi connectivity index (χ1) is 5.52. The topological polar surface area (TPSA) is 45.5 Å². The first kappa shape index (κ1) is 8.64. The predicted octanol–water partition coefficient (Wildman–Crippen LogP) is 0.157. The van der Waals surface area contributed by atoms with Gasteiger partial charge < -0.3 is 14.6 Å². The number of hydrogen-bond acceptors (Lipinski definition) is 3. The average Bonchev–Trinajstić information content (AvgIpc) is 1.96. The molecule has 0 fully saturated rings. The van der Waals surface area contributed by atoms with Crippen molar-refractivity contribution in [2.24, 2.45) is 7.05 Å². The maximum atomic E-state index is 11.0. The van der Waals surface area contributed by atoms with Crippen LogP contribution in [0.4, 0.5) is 5.82 Å². The Labute approximate surface area is 70.7 Å². The molecule has 0 aliphatic heterocycles. The van der Waals surface area contributed by atoms with Gasteiger partial charge in [-0.3, -0.25) is 4.79 Å². The molecule has 0 aliphatic rings. The van der Waals surface area contributed by atoms with E-state index < -0.39 is 0 Å². The SMILES string of the molecule is CN(C)c1cc(=O)c(O)cn1C. The number of pyridine rings is 1. The van der Waals surface area contributed by atoms with Crippen LogP contribution in [-0.2, 0) is 7.05 Å². The Morgan fingerprint density at radius 1 is 1.50 bits per heavy atom. The van der Waals surface area contributed by atoms with Gasteiger partial charge >= 0.3 is 0 Å². The minimum atomic E-state index is -0.350. The largest absolute Gasteiger partial charge is 0.503 e. The fourth-order valence-corrected chi connectivity index (χ4v) is 1.05. The van der Waals surface area contributed by atoms with Crippen LogP contribution in [0.15, 0.2) is 17.1 Å². The van der Waals surface area contributed by atoms with Crippen molar-refractivity contribution in [3.05, 3.63) is 22.5 Å². The van der Waals surface area contributed by atoms with Crippen LogP contribution < -0.4 is 10.3 Å². The van der Waals surface area contributed by atoms with Crippen LogP contribution in [0.1, 0.15) is 0 Å². The molecule has 4 heteroatoms. The number of aromatic hydroxyl groups is 1. The summed E-state index contributed by atoms with van der Waals surface area (Å²) < 4.78 is 1.69. The van der Waals surface area contributed by atoms with E-state index in [0.717, 1.165) is 5.82 Å². The van der Waals surface area contributed by atoms with E-state index in [-0.39, 0.29) is 11.2 Å². The minimum absolute atomic E-state index is 0.219. The van der Waals surface area contributed by atoms with Crippen molar-refractivity contribution in [2.75, 3.05) is 19.0 Å². The number of hydrogen-bond donors (Lipinski definition) is 1. The molecule has 4 nitrogen and oxygen atoms in total. The van der Waals surface area contributed by atoms with Gasteiger partial charge in [0, 0.05) is 27.2 Å². The highest BCUT2D eigenvalue weighted by Crippen LogP contribution is 2.09. The van der Waals surface area contributed by atoms with Crippen LogP contribution in [0.25, 0.3) is 0 Å². The maximum absolute atomic E-state index is 11.0. The highest BCUT2D eigenvalue weighted by molar-refractivity contribution is 5.40. The summed E-state index contributed by atoms with van der Waals surface area (Å²) in [5.74, 6) is 0.543. The zero-order valence-corrected chi connectivity index (χ0v) is 7.40. The molecule has 66 valence electrons. The van der Waals surface area contributed by atoms with Crippen LogP contribution in [0, 0.1) is 0 Å². The molecule has 0 amide bonds.